The van der Waals surface area contributed by atoms with Gasteiger partial charge in [0.05, 0.1) is 57.9 Å². The van der Waals surface area contributed by atoms with Gasteiger partial charge >= 0.3 is 0 Å². The molecular weight excluding hydrogens is 1500 g/mol. The number of aliphatic hydroxyl groups is 18. The Morgan fingerprint density at radius 2 is 0.719 bits per heavy atom. The maximum absolute atomic E-state index is 13.5. The second-order valence-corrected chi connectivity index (χ2v) is 31.7. The van der Waals surface area contributed by atoms with Crippen LogP contribution in [-0.4, -0.2) is 340 Å². The van der Waals surface area contributed by atoms with Crippen LogP contribution < -0.4 is 10.6 Å². The van der Waals surface area contributed by atoms with Gasteiger partial charge in [-0.1, -0.05) is 192 Å². The van der Waals surface area contributed by atoms with Crippen LogP contribution in [0, 0.1) is 0 Å². The zero-order valence-corrected chi connectivity index (χ0v) is 67.4. The largest absolute Gasteiger partial charge is 0.394 e. The number of aliphatic hydroxyl groups excluding tert-OH is 18. The summed E-state index contributed by atoms with van der Waals surface area (Å²) >= 11 is 0. The highest BCUT2D eigenvalue weighted by Gasteiger charge is 2.58. The predicted molar refractivity (Wildman–Crippen MR) is 408 cm³/mol. The molecule has 0 radical (unpaired) electrons. The van der Waals surface area contributed by atoms with Crippen LogP contribution in [0.25, 0.3) is 0 Å². The monoisotopic (exact) mass is 1640 g/mol. The average molecular weight is 1650 g/mol. The molecule has 6 saturated heterocycles. The molecule has 0 aromatic rings. The van der Waals surface area contributed by atoms with E-state index in [2.05, 4.69) is 36.6 Å². The van der Waals surface area contributed by atoms with E-state index >= 15 is 0 Å². The summed E-state index contributed by atoms with van der Waals surface area (Å²) in [6.07, 6.45) is -11.5. The van der Waals surface area contributed by atoms with Crippen LogP contribution in [0.15, 0.2) is 24.3 Å². The Labute approximate surface area is 671 Å². The van der Waals surface area contributed by atoms with Gasteiger partial charge in [0.15, 0.2) is 37.7 Å². The second-order valence-electron chi connectivity index (χ2n) is 31.7. The molecule has 114 heavy (non-hydrogen) atoms. The van der Waals surface area contributed by atoms with Gasteiger partial charge in [0, 0.05) is 13.3 Å². The standard InChI is InChI=1S/C80H144N2O32/c1-5-7-9-11-13-15-17-19-20-21-22-23-24-25-26-28-30-32-34-36-38-40-56(90)82-49(50(89)39-37-35-33-31-29-27-18-16-14-12-10-8-6-2)46-103-77-65(98)62(95)70(53(43-85)107-77)112-79-67(100)64(97)71(55(45-87)109-79)113-78-66(99)63(96)69(54(44-86)108-78)111-76-57(81-48(4)88)72(59(92)51(41-83)105-76)114-80-68(101)73(60(93)52(42-84)106-80)110-74-61(94)58(91)47(3)104-75(74)102/h19-20,37,39,47,49-55,57-80,83-87,89,91-102H,5-18,21-36,38,40-46H2,1-4H3,(H,81,88)(H,82,90)/b20-19-,39-37+/t47?,49-,50+,51?,52?,53?,54?,55?,57?,58+,59-,60-,61?,62+,63+,64+,65?,66?,67?,68?,69-,70+,71-,72+,73-,74-,75+,76-,77+,78-,79-,80-/m0/s1. The summed E-state index contributed by atoms with van der Waals surface area (Å²) in [4.78, 5) is 26.4. The molecule has 666 valence electrons. The second kappa shape index (κ2) is 54.6. The number of carbonyl (C=O) groups is 2. The van der Waals surface area contributed by atoms with Gasteiger partial charge < -0.3 is 159 Å². The third kappa shape index (κ3) is 31.3. The fourth-order valence-corrected chi connectivity index (χ4v) is 15.5. The van der Waals surface area contributed by atoms with E-state index in [-0.39, 0.29) is 12.3 Å². The van der Waals surface area contributed by atoms with Gasteiger partial charge in [-0.25, -0.2) is 0 Å². The molecule has 6 heterocycles. The number of hydrogen-bond acceptors (Lipinski definition) is 32. The van der Waals surface area contributed by atoms with Crippen molar-refractivity contribution in [1.82, 2.24) is 10.6 Å². The summed E-state index contributed by atoms with van der Waals surface area (Å²) in [6, 6.07) is -2.82. The van der Waals surface area contributed by atoms with Crippen LogP contribution in [0.3, 0.4) is 0 Å². The Hall–Kier alpha value is -2.78. The van der Waals surface area contributed by atoms with Gasteiger partial charge in [-0.15, -0.1) is 0 Å². The lowest BCUT2D eigenvalue weighted by molar-refractivity contribution is -0.389. The molecule has 2 amide bonds. The van der Waals surface area contributed by atoms with Crippen LogP contribution in [0.2, 0.25) is 0 Å². The minimum Gasteiger partial charge on any atom is -0.394 e. The van der Waals surface area contributed by atoms with E-state index in [0.717, 1.165) is 64.7 Å². The molecule has 32 atom stereocenters. The number of ether oxygens (including phenoxy) is 12. The first kappa shape index (κ1) is 100. The Morgan fingerprint density at radius 1 is 0.368 bits per heavy atom. The van der Waals surface area contributed by atoms with Gasteiger partial charge in [-0.2, -0.15) is 0 Å². The first-order chi connectivity index (χ1) is 54.9. The fraction of sp³-hybridized carbons (Fsp3) is 0.925. The van der Waals surface area contributed by atoms with Crippen molar-refractivity contribution in [3.63, 3.8) is 0 Å². The lowest BCUT2D eigenvalue weighted by Crippen LogP contribution is -2.70. The number of allylic oxidation sites excluding steroid dienone is 3. The summed E-state index contributed by atoms with van der Waals surface area (Å²) in [5, 5.41) is 206. The molecule has 0 aromatic heterocycles. The maximum Gasteiger partial charge on any atom is 0.220 e. The lowest BCUT2D eigenvalue weighted by atomic mass is 9.94. The highest BCUT2D eigenvalue weighted by Crippen LogP contribution is 2.38. The molecule has 6 rings (SSSR count). The lowest BCUT2D eigenvalue weighted by Gasteiger charge is -2.50. The summed E-state index contributed by atoms with van der Waals surface area (Å²) in [6.45, 7) is 1.43. The van der Waals surface area contributed by atoms with E-state index in [0.29, 0.717) is 12.8 Å². The molecular formula is C80H144N2O32. The molecule has 6 fully saturated rings. The fourth-order valence-electron chi connectivity index (χ4n) is 15.5. The Kier molecular flexibility index (Phi) is 47.9. The minimum absolute atomic E-state index is 0.186. The third-order valence-corrected chi connectivity index (χ3v) is 22.5. The van der Waals surface area contributed by atoms with Crippen molar-refractivity contribution in [2.45, 2.75) is 429 Å². The third-order valence-electron chi connectivity index (χ3n) is 22.5. The molecule has 34 heteroatoms. The number of rotatable bonds is 55. The number of unbranched alkanes of at least 4 members (excludes halogenated alkanes) is 28. The molecule has 12 unspecified atom stereocenters. The van der Waals surface area contributed by atoms with Crippen LogP contribution in [0.5, 0.6) is 0 Å². The molecule has 34 nitrogen and oxygen atoms in total. The van der Waals surface area contributed by atoms with Crippen molar-refractivity contribution in [2.75, 3.05) is 39.6 Å². The summed E-state index contributed by atoms with van der Waals surface area (Å²) < 4.78 is 70.0. The van der Waals surface area contributed by atoms with Crippen molar-refractivity contribution in [1.29, 1.82) is 0 Å². The van der Waals surface area contributed by atoms with Gasteiger partial charge in [0.2, 0.25) is 11.8 Å². The molecule has 0 saturated carbocycles. The average Bonchev–Trinajstić information content (AvgIpc) is 0.770. The van der Waals surface area contributed by atoms with Crippen molar-refractivity contribution in [2.24, 2.45) is 0 Å². The van der Waals surface area contributed by atoms with E-state index in [9.17, 15) is 102 Å². The number of carbonyl (C=O) groups excluding carboxylic acids is 2. The van der Waals surface area contributed by atoms with Crippen molar-refractivity contribution in [3.8, 4) is 0 Å². The molecule has 0 aromatic carbocycles. The minimum atomic E-state index is -2.24. The first-order valence-corrected chi connectivity index (χ1v) is 42.5. The van der Waals surface area contributed by atoms with Gasteiger partial charge in [-0.3, -0.25) is 9.59 Å². The van der Waals surface area contributed by atoms with Crippen molar-refractivity contribution in [3.05, 3.63) is 24.3 Å². The van der Waals surface area contributed by atoms with Gasteiger partial charge in [0.25, 0.3) is 0 Å². The van der Waals surface area contributed by atoms with E-state index < -0.39 is 242 Å². The zero-order chi connectivity index (χ0) is 83.2. The molecule has 20 N–H and O–H groups in total. The summed E-state index contributed by atoms with van der Waals surface area (Å²) in [5.74, 6) is -1.18. The van der Waals surface area contributed by atoms with Gasteiger partial charge in [-0.05, 0) is 51.9 Å². The van der Waals surface area contributed by atoms with E-state index in [1.54, 1.807) is 6.08 Å². The van der Waals surface area contributed by atoms with Gasteiger partial charge in [0.1, 0.15) is 140 Å². The number of nitrogens with one attached hydrogen (secondary N) is 2. The SMILES string of the molecule is CCCCCCCC/C=C\CCCCCCCCCCCCCC(=O)N[C@@H](CO[C@@H]1OC(CO)[C@@H](O[C@@H]2OC(CO)[C@H](O[C@@H]3OC(CO)[C@H](O[C@@H]4OC(CO)[C@H](O)[C@H](O[C@@H]5OC(CO)[C@H](O)[C@H](O[C@H]6C(O)[C@H](O)C(C)O[C@H]6O)C5O)C4NC(C)=O)[C@H](O)C3O)[C@H](O)C2O)[C@H](O)C1O)[C@H](O)/C=C/CCCCCCCCCCCCC. The van der Waals surface area contributed by atoms with Crippen molar-refractivity contribution >= 4 is 11.8 Å². The van der Waals surface area contributed by atoms with Crippen LogP contribution in [0.4, 0.5) is 0 Å². The first-order valence-electron chi connectivity index (χ1n) is 42.5. The Balaban J connectivity index is 1.02. The Bertz CT molecular complexity index is 2610. The van der Waals surface area contributed by atoms with Crippen LogP contribution >= 0.6 is 0 Å². The molecule has 0 spiro atoms. The smallest absolute Gasteiger partial charge is 0.220 e. The molecule has 6 aliphatic heterocycles. The number of hydrogen-bond donors (Lipinski definition) is 20. The predicted octanol–water partition coefficient (Wildman–Crippen LogP) is 0.576. The Morgan fingerprint density at radius 3 is 1.16 bits per heavy atom. The zero-order valence-electron chi connectivity index (χ0n) is 67.4. The summed E-state index contributed by atoms with van der Waals surface area (Å²) in [7, 11) is 0. The summed E-state index contributed by atoms with van der Waals surface area (Å²) in [5.41, 5.74) is 0. The normalized spacial score (nSPS) is 36.9. The van der Waals surface area contributed by atoms with Crippen LogP contribution in [0.1, 0.15) is 233 Å². The highest BCUT2D eigenvalue weighted by atomic mass is 16.8. The molecule has 0 aliphatic carbocycles. The van der Waals surface area contributed by atoms with E-state index in [1.165, 1.54) is 135 Å². The maximum atomic E-state index is 13.5. The quantitative estimate of drug-likeness (QED) is 0.0292. The highest BCUT2D eigenvalue weighted by molar-refractivity contribution is 5.76. The number of amides is 2. The molecule has 6 aliphatic rings. The van der Waals surface area contributed by atoms with Crippen molar-refractivity contribution < 1.29 is 158 Å². The topological polar surface area (TPSA) is 533 Å². The van der Waals surface area contributed by atoms with E-state index in [1.807, 2.05) is 6.08 Å². The van der Waals surface area contributed by atoms with Crippen LogP contribution in [-0.2, 0) is 66.4 Å². The van der Waals surface area contributed by atoms with E-state index in [4.69, 9.17) is 56.8 Å². The molecule has 0 bridgehead atoms.